The van der Waals surface area contributed by atoms with E-state index >= 15 is 0 Å². The Balaban J connectivity index is 3.11. The number of amides is 2. The van der Waals surface area contributed by atoms with Gasteiger partial charge in [-0.1, -0.05) is 13.8 Å². The molecule has 2 amide bonds. The number of carbonyl (C=O) groups is 2. The number of benzene rings is 1. The van der Waals surface area contributed by atoms with E-state index in [4.69, 9.17) is 5.73 Å². The van der Waals surface area contributed by atoms with Crippen molar-refractivity contribution in [2.75, 3.05) is 13.1 Å². The third-order valence-electron chi connectivity index (χ3n) is 2.61. The van der Waals surface area contributed by atoms with Gasteiger partial charge in [0.1, 0.15) is 0 Å². The van der Waals surface area contributed by atoms with Crippen LogP contribution in [0.3, 0.4) is 0 Å². The van der Waals surface area contributed by atoms with Crippen molar-refractivity contribution in [3.05, 3.63) is 38.3 Å². The summed E-state index contributed by atoms with van der Waals surface area (Å²) in [5.41, 5.74) is 5.08. The van der Waals surface area contributed by atoms with E-state index in [1.807, 2.05) is 13.8 Å². The Bertz CT molecular complexity index is 575. The van der Waals surface area contributed by atoms with Crippen LogP contribution >= 0.6 is 15.9 Å². The Morgan fingerprint density at radius 2 is 2.05 bits per heavy atom. The molecule has 0 bridgehead atoms. The predicted octanol–water partition coefficient (Wildman–Crippen LogP) is 1.94. The van der Waals surface area contributed by atoms with Gasteiger partial charge in [0, 0.05) is 18.2 Å². The molecular formula is C13H16BrN3O4. The van der Waals surface area contributed by atoms with Crippen LogP contribution in [0.1, 0.15) is 24.2 Å². The molecule has 0 saturated carbocycles. The van der Waals surface area contributed by atoms with Crippen molar-refractivity contribution < 1.29 is 14.5 Å². The minimum atomic E-state index is -0.629. The Kier molecular flexibility index (Phi) is 5.83. The van der Waals surface area contributed by atoms with Crippen molar-refractivity contribution in [3.8, 4) is 0 Å². The highest BCUT2D eigenvalue weighted by molar-refractivity contribution is 9.10. The standard InChI is InChI=1S/C13H16BrN3O4/c1-8(2)6-16(7-12(15)18)13(19)9-3-4-10(14)11(5-9)17(20)21/h3-5,8H,6-7H2,1-2H3,(H2,15,18). The maximum absolute atomic E-state index is 12.4. The molecule has 0 heterocycles. The van der Waals surface area contributed by atoms with Crippen LogP contribution < -0.4 is 5.73 Å². The van der Waals surface area contributed by atoms with E-state index in [1.54, 1.807) is 0 Å². The molecule has 1 aromatic rings. The average molecular weight is 358 g/mol. The van der Waals surface area contributed by atoms with Crippen molar-refractivity contribution in [2.24, 2.45) is 11.7 Å². The highest BCUT2D eigenvalue weighted by Crippen LogP contribution is 2.26. The number of carbonyl (C=O) groups excluding carboxylic acids is 2. The van der Waals surface area contributed by atoms with Crippen molar-refractivity contribution >= 4 is 33.4 Å². The van der Waals surface area contributed by atoms with Crippen LogP contribution in [0.4, 0.5) is 5.69 Å². The molecule has 1 rings (SSSR count). The SMILES string of the molecule is CC(C)CN(CC(N)=O)C(=O)c1ccc(Br)c([N+](=O)[O-])c1. The summed E-state index contributed by atoms with van der Waals surface area (Å²) in [6.07, 6.45) is 0. The van der Waals surface area contributed by atoms with Crippen LogP contribution in [-0.4, -0.2) is 34.7 Å². The van der Waals surface area contributed by atoms with Gasteiger partial charge in [0.15, 0.2) is 0 Å². The molecule has 0 aliphatic heterocycles. The second-order valence-corrected chi connectivity index (χ2v) is 5.82. The number of primary amides is 1. The maximum Gasteiger partial charge on any atom is 0.284 e. The second-order valence-electron chi connectivity index (χ2n) is 4.97. The fourth-order valence-corrected chi connectivity index (χ4v) is 2.21. The highest BCUT2D eigenvalue weighted by Gasteiger charge is 2.22. The van der Waals surface area contributed by atoms with Gasteiger partial charge in [0.05, 0.1) is 15.9 Å². The fraction of sp³-hybridized carbons (Fsp3) is 0.385. The van der Waals surface area contributed by atoms with Gasteiger partial charge in [0.25, 0.3) is 11.6 Å². The molecule has 114 valence electrons. The quantitative estimate of drug-likeness (QED) is 0.619. The molecule has 21 heavy (non-hydrogen) atoms. The lowest BCUT2D eigenvalue weighted by molar-refractivity contribution is -0.385. The van der Waals surface area contributed by atoms with E-state index < -0.39 is 16.7 Å². The molecule has 0 aromatic heterocycles. The summed E-state index contributed by atoms with van der Waals surface area (Å²) in [5, 5.41) is 10.9. The highest BCUT2D eigenvalue weighted by atomic mass is 79.9. The molecule has 0 unspecified atom stereocenters. The number of hydrogen-bond acceptors (Lipinski definition) is 4. The second kappa shape index (κ2) is 7.16. The monoisotopic (exact) mass is 357 g/mol. The first-order valence-electron chi connectivity index (χ1n) is 6.24. The minimum absolute atomic E-state index is 0.138. The van der Waals surface area contributed by atoms with Crippen LogP contribution in [0.5, 0.6) is 0 Å². The van der Waals surface area contributed by atoms with Gasteiger partial charge in [0.2, 0.25) is 5.91 Å². The van der Waals surface area contributed by atoms with Crippen LogP contribution in [0, 0.1) is 16.0 Å². The van der Waals surface area contributed by atoms with Crippen LogP contribution in [0.25, 0.3) is 0 Å². The molecule has 0 atom stereocenters. The number of nitro groups is 1. The van der Waals surface area contributed by atoms with E-state index in [0.29, 0.717) is 6.54 Å². The van der Waals surface area contributed by atoms with Crippen molar-refractivity contribution in [1.82, 2.24) is 4.90 Å². The van der Waals surface area contributed by atoms with Crippen molar-refractivity contribution in [1.29, 1.82) is 0 Å². The fourth-order valence-electron chi connectivity index (χ4n) is 1.82. The molecular weight excluding hydrogens is 342 g/mol. The number of nitro benzene ring substituents is 1. The van der Waals surface area contributed by atoms with E-state index in [1.165, 1.54) is 23.1 Å². The zero-order valence-electron chi connectivity index (χ0n) is 11.7. The first kappa shape index (κ1) is 17.1. The molecule has 0 radical (unpaired) electrons. The summed E-state index contributed by atoms with van der Waals surface area (Å²) in [4.78, 5) is 35.1. The first-order valence-corrected chi connectivity index (χ1v) is 7.03. The van der Waals surface area contributed by atoms with Gasteiger partial charge in [-0.25, -0.2) is 0 Å². The normalized spacial score (nSPS) is 10.5. The number of nitrogens with zero attached hydrogens (tertiary/aromatic N) is 2. The predicted molar refractivity (Wildman–Crippen MR) is 80.7 cm³/mol. The Labute approximate surface area is 130 Å². The van der Waals surface area contributed by atoms with E-state index in [-0.39, 0.29) is 28.2 Å². The number of hydrogen-bond donors (Lipinski definition) is 1. The van der Waals surface area contributed by atoms with Gasteiger partial charge >= 0.3 is 0 Å². The van der Waals surface area contributed by atoms with E-state index in [9.17, 15) is 19.7 Å². The van der Waals surface area contributed by atoms with Gasteiger partial charge in [-0.2, -0.15) is 0 Å². The lowest BCUT2D eigenvalue weighted by Gasteiger charge is -2.23. The summed E-state index contributed by atoms with van der Waals surface area (Å²) in [6, 6.07) is 4.08. The average Bonchev–Trinajstić information content (AvgIpc) is 2.36. The van der Waals surface area contributed by atoms with Gasteiger partial charge in [-0.15, -0.1) is 0 Å². The van der Waals surface area contributed by atoms with Gasteiger partial charge in [-0.05, 0) is 34.0 Å². The molecule has 1 aromatic carbocycles. The van der Waals surface area contributed by atoms with E-state index in [0.717, 1.165) is 0 Å². The summed E-state index contributed by atoms with van der Waals surface area (Å²) in [5.74, 6) is -0.951. The van der Waals surface area contributed by atoms with Crippen LogP contribution in [0.2, 0.25) is 0 Å². The summed E-state index contributed by atoms with van der Waals surface area (Å²) in [6.45, 7) is 3.91. The number of rotatable bonds is 6. The van der Waals surface area contributed by atoms with Crippen LogP contribution in [0.15, 0.2) is 22.7 Å². The summed E-state index contributed by atoms with van der Waals surface area (Å²) >= 11 is 3.06. The number of nitrogens with two attached hydrogens (primary N) is 1. The van der Waals surface area contributed by atoms with E-state index in [2.05, 4.69) is 15.9 Å². The number of halogens is 1. The Morgan fingerprint density at radius 1 is 1.43 bits per heavy atom. The summed E-state index contributed by atoms with van der Waals surface area (Å²) in [7, 11) is 0. The molecule has 0 aliphatic rings. The summed E-state index contributed by atoms with van der Waals surface area (Å²) < 4.78 is 0.286. The zero-order chi connectivity index (χ0) is 16.2. The molecule has 0 fully saturated rings. The molecule has 2 N–H and O–H groups in total. The molecule has 0 aliphatic carbocycles. The smallest absolute Gasteiger partial charge is 0.284 e. The molecule has 0 spiro atoms. The lowest BCUT2D eigenvalue weighted by Crippen LogP contribution is -2.40. The first-order chi connectivity index (χ1) is 9.72. The third kappa shape index (κ3) is 4.82. The van der Waals surface area contributed by atoms with Crippen molar-refractivity contribution in [3.63, 3.8) is 0 Å². The minimum Gasteiger partial charge on any atom is -0.368 e. The van der Waals surface area contributed by atoms with Gasteiger partial charge in [-0.3, -0.25) is 19.7 Å². The largest absolute Gasteiger partial charge is 0.368 e. The topological polar surface area (TPSA) is 107 Å². The molecule has 8 heteroatoms. The third-order valence-corrected chi connectivity index (χ3v) is 3.28. The van der Waals surface area contributed by atoms with Crippen molar-refractivity contribution in [2.45, 2.75) is 13.8 Å². The Morgan fingerprint density at radius 3 is 2.52 bits per heavy atom. The van der Waals surface area contributed by atoms with Crippen LogP contribution in [-0.2, 0) is 4.79 Å². The lowest BCUT2D eigenvalue weighted by atomic mass is 10.1. The maximum atomic E-state index is 12.4. The van der Waals surface area contributed by atoms with Gasteiger partial charge < -0.3 is 10.6 Å². The Hall–Kier alpha value is -1.96. The molecule has 0 saturated heterocycles. The zero-order valence-corrected chi connectivity index (χ0v) is 13.3. The molecule has 7 nitrogen and oxygen atoms in total.